The molecule has 0 atom stereocenters. The van der Waals surface area contributed by atoms with Crippen molar-refractivity contribution in [2.75, 3.05) is 14.2 Å². The Morgan fingerprint density at radius 3 is 2.35 bits per heavy atom. The van der Waals surface area contributed by atoms with Crippen molar-refractivity contribution >= 4 is 11.8 Å². The van der Waals surface area contributed by atoms with Crippen LogP contribution < -0.4 is 9.47 Å². The molecule has 0 spiro atoms. The molecule has 0 saturated heterocycles. The maximum absolute atomic E-state index is 11.9. The normalized spacial score (nSPS) is 10.7. The minimum absolute atomic E-state index is 0.00433. The molecule has 1 aromatic rings. The van der Waals surface area contributed by atoms with E-state index in [2.05, 4.69) is 4.74 Å². The zero-order chi connectivity index (χ0) is 15.1. The molecule has 0 unspecified atom stereocenters. The van der Waals surface area contributed by atoms with Crippen LogP contribution >= 0.6 is 0 Å². The third kappa shape index (κ3) is 4.42. The van der Waals surface area contributed by atoms with E-state index in [1.165, 1.54) is 14.2 Å². The molecular formula is C15H18O5. The van der Waals surface area contributed by atoms with Gasteiger partial charge in [-0.15, -0.1) is 0 Å². The van der Waals surface area contributed by atoms with Gasteiger partial charge in [-0.25, -0.2) is 4.79 Å². The summed E-state index contributed by atoms with van der Waals surface area (Å²) >= 11 is 0. The number of ketones is 1. The molecule has 108 valence electrons. The maximum atomic E-state index is 11.9. The van der Waals surface area contributed by atoms with E-state index in [4.69, 9.17) is 9.47 Å². The largest absolute Gasteiger partial charge is 0.493 e. The van der Waals surface area contributed by atoms with Gasteiger partial charge in [0.2, 0.25) is 0 Å². The molecule has 0 fully saturated rings. The Morgan fingerprint density at radius 1 is 1.10 bits per heavy atom. The van der Waals surface area contributed by atoms with Crippen LogP contribution in [-0.2, 0) is 9.53 Å². The van der Waals surface area contributed by atoms with Gasteiger partial charge in [0, 0.05) is 11.6 Å². The molecule has 0 aliphatic rings. The Morgan fingerprint density at radius 2 is 1.80 bits per heavy atom. The van der Waals surface area contributed by atoms with Crippen molar-refractivity contribution < 1.29 is 23.8 Å². The van der Waals surface area contributed by atoms with Gasteiger partial charge >= 0.3 is 5.97 Å². The van der Waals surface area contributed by atoms with E-state index in [0.29, 0.717) is 17.1 Å². The number of esters is 1. The summed E-state index contributed by atoms with van der Waals surface area (Å²) in [6.45, 7) is 3.80. The van der Waals surface area contributed by atoms with E-state index in [0.717, 1.165) is 12.2 Å². The first-order valence-corrected chi connectivity index (χ1v) is 6.13. The summed E-state index contributed by atoms with van der Waals surface area (Å²) in [5.74, 6) is 0.141. The minimum atomic E-state index is -0.579. The average molecular weight is 278 g/mol. The van der Waals surface area contributed by atoms with E-state index in [9.17, 15) is 9.59 Å². The number of allylic oxidation sites excluding steroid dienone is 1. The fraction of sp³-hybridized carbons (Fsp3) is 0.333. The number of carbonyl (C=O) groups excluding carboxylic acids is 2. The second kappa shape index (κ2) is 7.33. The fourth-order valence-corrected chi connectivity index (χ4v) is 1.48. The number of hydrogen-bond donors (Lipinski definition) is 0. The van der Waals surface area contributed by atoms with Crippen molar-refractivity contribution in [3.8, 4) is 11.5 Å². The van der Waals surface area contributed by atoms with Crippen LogP contribution in [0.5, 0.6) is 11.5 Å². The molecule has 0 amide bonds. The van der Waals surface area contributed by atoms with E-state index >= 15 is 0 Å². The van der Waals surface area contributed by atoms with E-state index in [1.54, 1.807) is 18.2 Å². The minimum Gasteiger partial charge on any atom is -0.493 e. The highest BCUT2D eigenvalue weighted by molar-refractivity contribution is 6.07. The number of carbonyl (C=O) groups is 2. The lowest BCUT2D eigenvalue weighted by molar-refractivity contribution is -0.134. The smallest absolute Gasteiger partial charge is 0.330 e. The van der Waals surface area contributed by atoms with Gasteiger partial charge < -0.3 is 14.2 Å². The highest BCUT2D eigenvalue weighted by Gasteiger charge is 2.10. The second-order valence-corrected chi connectivity index (χ2v) is 4.25. The van der Waals surface area contributed by atoms with Gasteiger partial charge in [0.15, 0.2) is 17.3 Å². The summed E-state index contributed by atoms with van der Waals surface area (Å²) in [4.78, 5) is 22.8. The van der Waals surface area contributed by atoms with Crippen LogP contribution in [0, 0.1) is 0 Å². The van der Waals surface area contributed by atoms with Crippen LogP contribution in [0.15, 0.2) is 30.4 Å². The van der Waals surface area contributed by atoms with Crippen molar-refractivity contribution in [1.29, 1.82) is 0 Å². The Hall–Kier alpha value is -2.30. The van der Waals surface area contributed by atoms with Gasteiger partial charge in [-0.1, -0.05) is 0 Å². The average Bonchev–Trinajstić information content (AvgIpc) is 2.44. The highest BCUT2D eigenvalue weighted by atomic mass is 16.5. The van der Waals surface area contributed by atoms with Crippen molar-refractivity contribution in [2.45, 2.75) is 20.0 Å². The number of hydrogen-bond acceptors (Lipinski definition) is 5. The number of ether oxygens (including phenoxy) is 3. The predicted octanol–water partition coefficient (Wildman–Crippen LogP) is 2.39. The van der Waals surface area contributed by atoms with Gasteiger partial charge in [0.05, 0.1) is 20.3 Å². The van der Waals surface area contributed by atoms with Gasteiger partial charge in [-0.2, -0.15) is 0 Å². The fourth-order valence-electron chi connectivity index (χ4n) is 1.48. The Balaban J connectivity index is 2.95. The summed E-state index contributed by atoms with van der Waals surface area (Å²) < 4.78 is 15.2. The summed E-state index contributed by atoms with van der Waals surface area (Å²) in [6, 6.07) is 4.85. The van der Waals surface area contributed by atoms with Crippen LogP contribution in [-0.4, -0.2) is 32.1 Å². The van der Waals surface area contributed by atoms with Crippen molar-refractivity contribution in [1.82, 2.24) is 0 Å². The lowest BCUT2D eigenvalue weighted by Gasteiger charge is -2.13. The molecule has 1 rings (SSSR count). The molecule has 0 aliphatic heterocycles. The molecule has 0 bridgehead atoms. The SMILES string of the molecule is COC(=O)/C=C/C(=O)c1ccc(OC(C)C)c(OC)c1. The number of rotatable bonds is 6. The molecule has 0 radical (unpaired) electrons. The third-order valence-electron chi connectivity index (χ3n) is 2.38. The molecule has 0 aliphatic carbocycles. The molecule has 20 heavy (non-hydrogen) atoms. The lowest BCUT2D eigenvalue weighted by atomic mass is 10.1. The number of benzene rings is 1. The van der Waals surface area contributed by atoms with Gasteiger partial charge in [-0.3, -0.25) is 4.79 Å². The molecular weight excluding hydrogens is 260 g/mol. The quantitative estimate of drug-likeness (QED) is 0.454. The Kier molecular flexibility index (Phi) is 5.77. The van der Waals surface area contributed by atoms with Gasteiger partial charge in [-0.05, 0) is 38.1 Å². The zero-order valence-electron chi connectivity index (χ0n) is 12.0. The molecule has 0 heterocycles. The predicted molar refractivity (Wildman–Crippen MR) is 74.2 cm³/mol. The van der Waals surface area contributed by atoms with E-state index in [1.807, 2.05) is 13.8 Å². The van der Waals surface area contributed by atoms with Crippen LogP contribution in [0.25, 0.3) is 0 Å². The molecule has 0 saturated carbocycles. The topological polar surface area (TPSA) is 61.8 Å². The van der Waals surface area contributed by atoms with Crippen molar-refractivity contribution in [3.05, 3.63) is 35.9 Å². The standard InChI is InChI=1S/C15H18O5/c1-10(2)20-13-7-5-11(9-14(13)18-3)12(16)6-8-15(17)19-4/h5-10H,1-4H3/b8-6+. The summed E-state index contributed by atoms with van der Waals surface area (Å²) in [6.07, 6.45) is 2.24. The number of methoxy groups -OCH3 is 2. The molecule has 0 aromatic heterocycles. The van der Waals surface area contributed by atoms with Crippen LogP contribution in [0.1, 0.15) is 24.2 Å². The van der Waals surface area contributed by atoms with E-state index in [-0.39, 0.29) is 11.9 Å². The van der Waals surface area contributed by atoms with Crippen LogP contribution in [0.2, 0.25) is 0 Å². The van der Waals surface area contributed by atoms with Crippen LogP contribution in [0.3, 0.4) is 0 Å². The van der Waals surface area contributed by atoms with Gasteiger partial charge in [0.25, 0.3) is 0 Å². The van der Waals surface area contributed by atoms with E-state index < -0.39 is 5.97 Å². The molecule has 5 heteroatoms. The first-order chi connectivity index (χ1) is 9.47. The van der Waals surface area contributed by atoms with Crippen molar-refractivity contribution in [3.63, 3.8) is 0 Å². The Bertz CT molecular complexity index is 517. The molecule has 5 nitrogen and oxygen atoms in total. The maximum Gasteiger partial charge on any atom is 0.330 e. The first kappa shape index (κ1) is 15.8. The zero-order valence-corrected chi connectivity index (χ0v) is 12.0. The second-order valence-electron chi connectivity index (χ2n) is 4.25. The van der Waals surface area contributed by atoms with Crippen molar-refractivity contribution in [2.24, 2.45) is 0 Å². The summed E-state index contributed by atoms with van der Waals surface area (Å²) in [7, 11) is 2.75. The lowest BCUT2D eigenvalue weighted by Crippen LogP contribution is -2.07. The van der Waals surface area contributed by atoms with Crippen LogP contribution in [0.4, 0.5) is 0 Å². The van der Waals surface area contributed by atoms with Gasteiger partial charge in [0.1, 0.15) is 0 Å². The monoisotopic (exact) mass is 278 g/mol. The third-order valence-corrected chi connectivity index (χ3v) is 2.38. The first-order valence-electron chi connectivity index (χ1n) is 6.13. The Labute approximate surface area is 118 Å². The molecule has 0 N–H and O–H groups in total. The molecule has 1 aromatic carbocycles. The summed E-state index contributed by atoms with van der Waals surface area (Å²) in [5, 5.41) is 0. The highest BCUT2D eigenvalue weighted by Crippen LogP contribution is 2.29. The summed E-state index contributed by atoms with van der Waals surface area (Å²) in [5.41, 5.74) is 0.401.